The highest BCUT2D eigenvalue weighted by atomic mass is 32.1. The van der Waals surface area contributed by atoms with Crippen LogP contribution in [0.3, 0.4) is 0 Å². The smallest absolute Gasteiger partial charge is 0.311 e. The third-order valence-corrected chi connectivity index (χ3v) is 5.11. The summed E-state index contributed by atoms with van der Waals surface area (Å²) in [6, 6.07) is 9.94. The zero-order valence-corrected chi connectivity index (χ0v) is 15.6. The summed E-state index contributed by atoms with van der Waals surface area (Å²) in [5.41, 5.74) is 2.72. The molecule has 2 aromatic carbocycles. The molecule has 1 N–H and O–H groups in total. The Morgan fingerprint density at radius 2 is 2.18 bits per heavy atom. The minimum Gasteiger partial charge on any atom is -0.493 e. The van der Waals surface area contributed by atoms with Gasteiger partial charge in [0, 0.05) is 29.0 Å². The molecule has 4 rings (SSSR count). The summed E-state index contributed by atoms with van der Waals surface area (Å²) in [4.78, 5) is 27.5. The average Bonchev–Trinajstić information content (AvgIpc) is 3.35. The van der Waals surface area contributed by atoms with Crippen LogP contribution >= 0.6 is 11.3 Å². The monoisotopic (exact) mass is 397 g/mol. The highest BCUT2D eigenvalue weighted by molar-refractivity contribution is 7.14. The first kappa shape index (κ1) is 17.9. The van der Waals surface area contributed by atoms with E-state index in [9.17, 15) is 14.9 Å². The lowest BCUT2D eigenvalue weighted by atomic mass is 10.1. The largest absolute Gasteiger partial charge is 0.493 e. The average molecular weight is 397 g/mol. The highest BCUT2D eigenvalue weighted by Gasteiger charge is 2.19. The molecule has 3 aromatic rings. The first-order valence-electron chi connectivity index (χ1n) is 8.40. The molecule has 0 saturated heterocycles. The van der Waals surface area contributed by atoms with Crippen LogP contribution in [0.5, 0.6) is 11.5 Å². The van der Waals surface area contributed by atoms with Crippen molar-refractivity contribution in [1.82, 2.24) is 4.98 Å². The van der Waals surface area contributed by atoms with E-state index >= 15 is 0 Å². The van der Waals surface area contributed by atoms with Gasteiger partial charge in [-0.25, -0.2) is 4.98 Å². The van der Waals surface area contributed by atoms with Crippen molar-refractivity contribution in [2.75, 3.05) is 19.0 Å². The number of nitro groups is 1. The molecule has 0 radical (unpaired) electrons. The fraction of sp³-hybridized carbons (Fsp3) is 0.158. The van der Waals surface area contributed by atoms with E-state index in [0.29, 0.717) is 11.7 Å². The summed E-state index contributed by atoms with van der Waals surface area (Å²) in [5.74, 6) is 0.515. The van der Waals surface area contributed by atoms with Gasteiger partial charge in [-0.2, -0.15) is 0 Å². The summed E-state index contributed by atoms with van der Waals surface area (Å²) < 4.78 is 10.5. The van der Waals surface area contributed by atoms with Crippen LogP contribution in [-0.2, 0) is 6.42 Å². The molecule has 0 saturated carbocycles. The van der Waals surface area contributed by atoms with Gasteiger partial charge in [-0.05, 0) is 35.9 Å². The van der Waals surface area contributed by atoms with Crippen LogP contribution in [-0.4, -0.2) is 29.5 Å². The zero-order chi connectivity index (χ0) is 19.7. The summed E-state index contributed by atoms with van der Waals surface area (Å²) in [6.07, 6.45) is 0.868. The second-order valence-electron chi connectivity index (χ2n) is 6.06. The van der Waals surface area contributed by atoms with Gasteiger partial charge in [-0.15, -0.1) is 11.3 Å². The Hall–Kier alpha value is -3.46. The minimum atomic E-state index is -0.589. The van der Waals surface area contributed by atoms with E-state index in [1.54, 1.807) is 0 Å². The molecule has 0 fully saturated rings. The van der Waals surface area contributed by atoms with Gasteiger partial charge in [0.15, 0.2) is 10.9 Å². The van der Waals surface area contributed by atoms with Gasteiger partial charge in [0.25, 0.3) is 5.91 Å². The Morgan fingerprint density at radius 3 is 2.96 bits per heavy atom. The molecule has 0 spiro atoms. The van der Waals surface area contributed by atoms with Gasteiger partial charge in [0.2, 0.25) is 0 Å². The molecule has 0 unspecified atom stereocenters. The van der Waals surface area contributed by atoms with Crippen LogP contribution in [0.15, 0.2) is 41.8 Å². The predicted octanol–water partition coefficient (Wildman–Crippen LogP) is 3.91. The number of benzene rings is 2. The van der Waals surface area contributed by atoms with Crippen molar-refractivity contribution in [3.05, 3.63) is 63.0 Å². The van der Waals surface area contributed by atoms with E-state index in [-0.39, 0.29) is 17.0 Å². The Labute approximate surface area is 163 Å². The van der Waals surface area contributed by atoms with Gasteiger partial charge in [-0.3, -0.25) is 20.2 Å². The third-order valence-electron chi connectivity index (χ3n) is 4.35. The first-order chi connectivity index (χ1) is 13.5. The number of anilines is 1. The van der Waals surface area contributed by atoms with Crippen molar-refractivity contribution < 1.29 is 19.2 Å². The van der Waals surface area contributed by atoms with Crippen LogP contribution in [0.25, 0.3) is 11.3 Å². The molecule has 142 valence electrons. The maximum absolute atomic E-state index is 12.5. The van der Waals surface area contributed by atoms with Gasteiger partial charge in [0.05, 0.1) is 24.3 Å². The number of thiazole rings is 1. The summed E-state index contributed by atoms with van der Waals surface area (Å²) in [6.45, 7) is 0.686. The van der Waals surface area contributed by atoms with E-state index in [1.807, 2.05) is 23.6 Å². The molecule has 0 atom stereocenters. The van der Waals surface area contributed by atoms with Crippen LogP contribution in [0, 0.1) is 10.1 Å². The summed E-state index contributed by atoms with van der Waals surface area (Å²) in [7, 11) is 1.34. The number of rotatable bonds is 5. The first-order valence-corrected chi connectivity index (χ1v) is 9.28. The predicted molar refractivity (Wildman–Crippen MR) is 104 cm³/mol. The molecular weight excluding hydrogens is 382 g/mol. The third kappa shape index (κ3) is 3.39. The molecular formula is C19H15N3O5S. The highest BCUT2D eigenvalue weighted by Crippen LogP contribution is 2.32. The number of nitro benzene ring substituents is 1. The van der Waals surface area contributed by atoms with Crippen LogP contribution in [0.4, 0.5) is 10.8 Å². The fourth-order valence-corrected chi connectivity index (χ4v) is 3.67. The maximum atomic E-state index is 12.5. The van der Waals surface area contributed by atoms with Crippen molar-refractivity contribution in [1.29, 1.82) is 0 Å². The number of methoxy groups -OCH3 is 1. The van der Waals surface area contributed by atoms with Crippen molar-refractivity contribution in [3.63, 3.8) is 0 Å². The zero-order valence-electron chi connectivity index (χ0n) is 14.8. The van der Waals surface area contributed by atoms with E-state index < -0.39 is 10.8 Å². The SMILES string of the molecule is COc1ccc(C(=O)Nc2nc(-c3ccc4c(c3)CCO4)cs2)cc1[N+](=O)[O-]. The Bertz CT molecular complexity index is 1080. The number of carbonyl (C=O) groups excluding carboxylic acids is 1. The van der Waals surface area contributed by atoms with Gasteiger partial charge >= 0.3 is 5.69 Å². The fourth-order valence-electron chi connectivity index (χ4n) is 2.95. The van der Waals surface area contributed by atoms with Crippen molar-refractivity contribution in [3.8, 4) is 22.8 Å². The van der Waals surface area contributed by atoms with Crippen molar-refractivity contribution in [2.24, 2.45) is 0 Å². The topological polar surface area (TPSA) is 104 Å². The number of nitrogens with one attached hydrogen (secondary N) is 1. The second-order valence-corrected chi connectivity index (χ2v) is 6.91. The van der Waals surface area contributed by atoms with Crippen LogP contribution < -0.4 is 14.8 Å². The molecule has 2 heterocycles. The number of aromatic nitrogens is 1. The summed E-state index contributed by atoms with van der Waals surface area (Å²) in [5, 5.41) is 16.1. The summed E-state index contributed by atoms with van der Waals surface area (Å²) >= 11 is 1.29. The second kappa shape index (κ2) is 7.28. The Kier molecular flexibility index (Phi) is 4.66. The van der Waals surface area contributed by atoms with E-state index in [0.717, 1.165) is 29.0 Å². The van der Waals surface area contributed by atoms with Gasteiger partial charge in [0.1, 0.15) is 5.75 Å². The Balaban J connectivity index is 1.53. The van der Waals surface area contributed by atoms with E-state index in [1.165, 1.54) is 36.6 Å². The van der Waals surface area contributed by atoms with Crippen molar-refractivity contribution >= 4 is 28.1 Å². The maximum Gasteiger partial charge on any atom is 0.311 e. The number of nitrogens with zero attached hydrogens (tertiary/aromatic N) is 2. The number of fused-ring (bicyclic) bond motifs is 1. The minimum absolute atomic E-state index is 0.0960. The number of hydrogen-bond acceptors (Lipinski definition) is 7. The Morgan fingerprint density at radius 1 is 1.32 bits per heavy atom. The van der Waals surface area contributed by atoms with E-state index in [2.05, 4.69) is 10.3 Å². The van der Waals surface area contributed by atoms with E-state index in [4.69, 9.17) is 9.47 Å². The molecule has 0 bridgehead atoms. The van der Waals surface area contributed by atoms with Gasteiger partial charge < -0.3 is 9.47 Å². The van der Waals surface area contributed by atoms with Gasteiger partial charge in [-0.1, -0.05) is 0 Å². The molecule has 1 amide bonds. The molecule has 28 heavy (non-hydrogen) atoms. The standard InChI is InChI=1S/C19H15N3O5S/c1-26-17-5-3-13(9-15(17)22(24)25)18(23)21-19-20-14(10-28-19)11-2-4-16-12(8-11)6-7-27-16/h2-5,8-10H,6-7H2,1H3,(H,20,21,23). The molecule has 1 aliphatic rings. The van der Waals surface area contributed by atoms with Crippen LogP contribution in [0.1, 0.15) is 15.9 Å². The lowest BCUT2D eigenvalue weighted by Crippen LogP contribution is -2.12. The lowest BCUT2D eigenvalue weighted by molar-refractivity contribution is -0.385. The number of carbonyl (C=O) groups is 1. The molecule has 1 aromatic heterocycles. The molecule has 1 aliphatic heterocycles. The molecule has 9 heteroatoms. The number of ether oxygens (including phenoxy) is 2. The lowest BCUT2D eigenvalue weighted by Gasteiger charge is -2.05. The number of amides is 1. The normalized spacial score (nSPS) is 12.2. The number of hydrogen-bond donors (Lipinski definition) is 1. The molecule has 0 aliphatic carbocycles. The quantitative estimate of drug-likeness (QED) is 0.517. The van der Waals surface area contributed by atoms with Crippen LogP contribution in [0.2, 0.25) is 0 Å². The molecule has 8 nitrogen and oxygen atoms in total. The van der Waals surface area contributed by atoms with Crippen molar-refractivity contribution in [2.45, 2.75) is 6.42 Å².